The van der Waals surface area contributed by atoms with Gasteiger partial charge < -0.3 is 14.6 Å². The van der Waals surface area contributed by atoms with Crippen LogP contribution in [-0.2, 0) is 10.3 Å². The first-order valence-electron chi connectivity index (χ1n) is 5.78. The van der Waals surface area contributed by atoms with Crippen molar-refractivity contribution < 1.29 is 4.74 Å². The topological polar surface area (TPSA) is 56.1 Å². The van der Waals surface area contributed by atoms with E-state index < -0.39 is 0 Å². The van der Waals surface area contributed by atoms with E-state index in [2.05, 4.69) is 10.3 Å². The molecular weight excluding hydrogens is 218 g/mol. The number of anilines is 1. The zero-order valence-corrected chi connectivity index (χ0v) is 11.0. The molecule has 96 valence electrons. The van der Waals surface area contributed by atoms with Gasteiger partial charge in [-0.15, -0.1) is 0 Å². The zero-order valence-electron chi connectivity index (χ0n) is 11.0. The predicted octanol–water partition coefficient (Wildman–Crippen LogP) is 1.45. The zero-order chi connectivity index (χ0) is 12.9. The molecule has 0 radical (unpaired) electrons. The number of nitrogens with one attached hydrogen (secondary N) is 1. The van der Waals surface area contributed by atoms with E-state index in [1.54, 1.807) is 24.1 Å². The molecule has 0 unspecified atom stereocenters. The molecule has 0 amide bonds. The maximum atomic E-state index is 12.1. The van der Waals surface area contributed by atoms with Crippen molar-refractivity contribution in [3.05, 3.63) is 22.7 Å². The first kappa shape index (κ1) is 13.7. The highest BCUT2D eigenvalue weighted by atomic mass is 16.5. The van der Waals surface area contributed by atoms with Crippen LogP contribution in [0.4, 0.5) is 5.82 Å². The maximum Gasteiger partial charge on any atom is 0.293 e. The Bertz CT molecular complexity index is 407. The summed E-state index contributed by atoms with van der Waals surface area (Å²) >= 11 is 0. The summed E-state index contributed by atoms with van der Waals surface area (Å²) in [5.74, 6) is 0.401. The van der Waals surface area contributed by atoms with E-state index >= 15 is 0 Å². The van der Waals surface area contributed by atoms with Crippen LogP contribution in [0.5, 0.6) is 0 Å². The maximum absolute atomic E-state index is 12.1. The van der Waals surface area contributed by atoms with Crippen molar-refractivity contribution in [2.75, 3.05) is 25.6 Å². The van der Waals surface area contributed by atoms with Gasteiger partial charge in [0.15, 0.2) is 5.82 Å². The van der Waals surface area contributed by atoms with E-state index in [0.717, 1.165) is 6.42 Å². The molecule has 0 aliphatic rings. The fraction of sp³-hybridized carbons (Fsp3) is 0.667. The summed E-state index contributed by atoms with van der Waals surface area (Å²) in [5, 5.41) is 3.04. The lowest BCUT2D eigenvalue weighted by Crippen LogP contribution is -2.35. The Morgan fingerprint density at radius 3 is 2.76 bits per heavy atom. The monoisotopic (exact) mass is 239 g/mol. The van der Waals surface area contributed by atoms with Gasteiger partial charge in [0, 0.05) is 38.2 Å². The van der Waals surface area contributed by atoms with Crippen LogP contribution in [0.1, 0.15) is 27.2 Å². The van der Waals surface area contributed by atoms with E-state index in [-0.39, 0.29) is 11.1 Å². The highest BCUT2D eigenvalue weighted by Gasteiger charge is 2.16. The molecule has 5 heteroatoms. The lowest BCUT2D eigenvalue weighted by molar-refractivity contribution is 0.197. The van der Waals surface area contributed by atoms with E-state index in [4.69, 9.17) is 4.74 Å². The highest BCUT2D eigenvalue weighted by molar-refractivity contribution is 5.30. The normalized spacial score (nSPS) is 11.5. The van der Waals surface area contributed by atoms with Crippen molar-refractivity contribution in [1.29, 1.82) is 0 Å². The minimum absolute atomic E-state index is 0.0857. The number of ether oxygens (including phenoxy) is 1. The van der Waals surface area contributed by atoms with Gasteiger partial charge >= 0.3 is 0 Å². The molecule has 0 bridgehead atoms. The molecule has 0 aliphatic carbocycles. The summed E-state index contributed by atoms with van der Waals surface area (Å²) in [6.07, 6.45) is 4.20. The van der Waals surface area contributed by atoms with E-state index in [9.17, 15) is 4.79 Å². The molecule has 17 heavy (non-hydrogen) atoms. The van der Waals surface area contributed by atoms with Gasteiger partial charge in [0.1, 0.15) is 0 Å². The summed E-state index contributed by atoms with van der Waals surface area (Å²) in [5.41, 5.74) is -0.319. The fourth-order valence-corrected chi connectivity index (χ4v) is 1.48. The van der Waals surface area contributed by atoms with Crippen LogP contribution in [0.2, 0.25) is 0 Å². The second kappa shape index (κ2) is 5.82. The van der Waals surface area contributed by atoms with Crippen LogP contribution < -0.4 is 10.9 Å². The van der Waals surface area contributed by atoms with Crippen LogP contribution in [-0.4, -0.2) is 29.8 Å². The molecule has 5 nitrogen and oxygen atoms in total. The summed E-state index contributed by atoms with van der Waals surface area (Å²) < 4.78 is 6.62. The van der Waals surface area contributed by atoms with Crippen LogP contribution >= 0.6 is 0 Å². The summed E-state index contributed by atoms with van der Waals surface area (Å²) in [7, 11) is 1.66. The van der Waals surface area contributed by atoms with Crippen molar-refractivity contribution in [2.24, 2.45) is 0 Å². The van der Waals surface area contributed by atoms with Crippen molar-refractivity contribution in [3.8, 4) is 0 Å². The first-order valence-corrected chi connectivity index (χ1v) is 5.78. The fourth-order valence-electron chi connectivity index (χ4n) is 1.48. The summed E-state index contributed by atoms with van der Waals surface area (Å²) in [6.45, 7) is 7.33. The van der Waals surface area contributed by atoms with Gasteiger partial charge in [-0.3, -0.25) is 4.79 Å². The standard InChI is InChI=1S/C12H21N3O2/c1-12(2,3)15-8-7-14-10(11(15)16)13-6-5-9-17-4/h7-8H,5-6,9H2,1-4H3,(H,13,14). The van der Waals surface area contributed by atoms with E-state index in [0.29, 0.717) is 19.0 Å². The van der Waals surface area contributed by atoms with Crippen molar-refractivity contribution in [2.45, 2.75) is 32.7 Å². The number of methoxy groups -OCH3 is 1. The number of hydrogen-bond donors (Lipinski definition) is 1. The minimum Gasteiger partial charge on any atom is -0.385 e. The van der Waals surface area contributed by atoms with Crippen LogP contribution in [0.3, 0.4) is 0 Å². The molecule has 0 fully saturated rings. The quantitative estimate of drug-likeness (QED) is 0.790. The molecule has 1 aromatic rings. The third kappa shape index (κ3) is 3.85. The van der Waals surface area contributed by atoms with Gasteiger partial charge in [-0.2, -0.15) is 0 Å². The van der Waals surface area contributed by atoms with Crippen molar-refractivity contribution in [3.63, 3.8) is 0 Å². The summed E-state index contributed by atoms with van der Waals surface area (Å²) in [6, 6.07) is 0. The Labute approximate surface area is 102 Å². The lowest BCUT2D eigenvalue weighted by atomic mass is 10.1. The Morgan fingerprint density at radius 1 is 1.47 bits per heavy atom. The Kier molecular flexibility index (Phi) is 4.69. The molecule has 1 aromatic heterocycles. The minimum atomic E-state index is -0.233. The van der Waals surface area contributed by atoms with E-state index in [1.165, 1.54) is 0 Å². The number of hydrogen-bond acceptors (Lipinski definition) is 4. The smallest absolute Gasteiger partial charge is 0.293 e. The van der Waals surface area contributed by atoms with Gasteiger partial charge in [-0.05, 0) is 27.2 Å². The van der Waals surface area contributed by atoms with Gasteiger partial charge in [-0.25, -0.2) is 4.98 Å². The van der Waals surface area contributed by atoms with Gasteiger partial charge in [0.2, 0.25) is 0 Å². The Morgan fingerprint density at radius 2 is 2.18 bits per heavy atom. The molecule has 0 saturated carbocycles. The highest BCUT2D eigenvalue weighted by Crippen LogP contribution is 2.10. The number of aromatic nitrogens is 2. The second-order valence-corrected chi connectivity index (χ2v) is 4.89. The van der Waals surface area contributed by atoms with Crippen LogP contribution in [0.25, 0.3) is 0 Å². The van der Waals surface area contributed by atoms with Crippen LogP contribution in [0.15, 0.2) is 17.2 Å². The molecule has 0 aromatic carbocycles. The second-order valence-electron chi connectivity index (χ2n) is 4.89. The molecule has 1 heterocycles. The van der Waals surface area contributed by atoms with Crippen molar-refractivity contribution >= 4 is 5.82 Å². The largest absolute Gasteiger partial charge is 0.385 e. The Balaban J connectivity index is 2.78. The first-order chi connectivity index (χ1) is 7.96. The average Bonchev–Trinajstić information content (AvgIpc) is 2.25. The molecule has 0 spiro atoms. The molecular formula is C12H21N3O2. The summed E-state index contributed by atoms with van der Waals surface area (Å²) in [4.78, 5) is 16.2. The molecule has 0 saturated heterocycles. The number of nitrogens with zero attached hydrogens (tertiary/aromatic N) is 2. The van der Waals surface area contributed by atoms with Gasteiger partial charge in [0.25, 0.3) is 5.56 Å². The van der Waals surface area contributed by atoms with Gasteiger partial charge in [0.05, 0.1) is 0 Å². The SMILES string of the molecule is COCCCNc1nccn(C(C)(C)C)c1=O. The van der Waals surface area contributed by atoms with E-state index in [1.807, 2.05) is 20.8 Å². The molecule has 1 rings (SSSR count). The predicted molar refractivity (Wildman–Crippen MR) is 68.5 cm³/mol. The van der Waals surface area contributed by atoms with Crippen LogP contribution in [0, 0.1) is 0 Å². The number of rotatable bonds is 5. The molecule has 0 aliphatic heterocycles. The van der Waals surface area contributed by atoms with Crippen molar-refractivity contribution in [1.82, 2.24) is 9.55 Å². The molecule has 0 atom stereocenters. The third-order valence-electron chi connectivity index (χ3n) is 2.38. The lowest BCUT2D eigenvalue weighted by Gasteiger charge is -2.22. The molecule has 1 N–H and O–H groups in total. The average molecular weight is 239 g/mol. The van der Waals surface area contributed by atoms with Gasteiger partial charge in [-0.1, -0.05) is 0 Å². The third-order valence-corrected chi connectivity index (χ3v) is 2.38. The Hall–Kier alpha value is -1.36.